The van der Waals surface area contributed by atoms with E-state index in [0.29, 0.717) is 0 Å². The van der Waals surface area contributed by atoms with E-state index in [1.165, 1.54) is 13.1 Å². The fraction of sp³-hybridized carbons (Fsp3) is 0.200. The van der Waals surface area contributed by atoms with E-state index in [4.69, 9.17) is 4.74 Å². The summed E-state index contributed by atoms with van der Waals surface area (Å²) in [5.41, 5.74) is 0.836. The molecule has 0 spiro atoms. The maximum Gasteiger partial charge on any atom is 0.258 e. The Morgan fingerprint density at radius 3 is 2.53 bits per heavy atom. The van der Waals surface area contributed by atoms with Gasteiger partial charge in [-0.3, -0.25) is 10.1 Å². The van der Waals surface area contributed by atoms with E-state index in [-0.39, 0.29) is 5.70 Å². The van der Waals surface area contributed by atoms with Gasteiger partial charge in [0.2, 0.25) is 0 Å². The quantitative estimate of drug-likeness (QED) is 0.608. The summed E-state index contributed by atoms with van der Waals surface area (Å²) in [4.78, 5) is 9.85. The number of allylic oxidation sites excluding steroid dienone is 1. The van der Waals surface area contributed by atoms with Crippen LogP contribution in [0.3, 0.4) is 0 Å². The molecule has 0 fully saturated rings. The first kappa shape index (κ1) is 11.0. The van der Waals surface area contributed by atoms with Crippen LogP contribution < -0.4 is 10.1 Å². The van der Waals surface area contributed by atoms with Crippen molar-refractivity contribution in [1.82, 2.24) is 0 Å². The van der Waals surface area contributed by atoms with Gasteiger partial charge < -0.3 is 10.1 Å². The van der Waals surface area contributed by atoms with Gasteiger partial charge in [0, 0.05) is 12.6 Å². The fourth-order valence-electron chi connectivity index (χ4n) is 0.928. The van der Waals surface area contributed by atoms with Gasteiger partial charge in [-0.1, -0.05) is 0 Å². The third kappa shape index (κ3) is 3.30. The van der Waals surface area contributed by atoms with E-state index in [9.17, 15) is 10.1 Å². The van der Waals surface area contributed by atoms with Gasteiger partial charge in [-0.05, 0) is 24.3 Å². The number of hydrogen-bond acceptors (Lipinski definition) is 4. The van der Waals surface area contributed by atoms with Crippen molar-refractivity contribution >= 4 is 5.69 Å². The summed E-state index contributed by atoms with van der Waals surface area (Å²) in [7, 11) is 1.58. The molecule has 1 N–H and O–H groups in total. The summed E-state index contributed by atoms with van der Waals surface area (Å²) < 4.78 is 4.98. The van der Waals surface area contributed by atoms with Gasteiger partial charge in [0.1, 0.15) is 5.75 Å². The van der Waals surface area contributed by atoms with E-state index in [1.54, 1.807) is 31.4 Å². The standard InChI is InChI=1S/C10H12N2O3/c1-8(12(13)14)7-11-9-3-5-10(15-2)6-4-9/h3-7,11H,1-2H3/b8-7-. The largest absolute Gasteiger partial charge is 0.497 e. The lowest BCUT2D eigenvalue weighted by Crippen LogP contribution is -1.97. The molecular formula is C10H12N2O3. The molecule has 5 heteroatoms. The molecular weight excluding hydrogens is 196 g/mol. The molecule has 0 unspecified atom stereocenters. The van der Waals surface area contributed by atoms with E-state index in [2.05, 4.69) is 5.32 Å². The molecule has 0 radical (unpaired) electrons. The van der Waals surface area contributed by atoms with Crippen LogP contribution in [0, 0.1) is 10.1 Å². The summed E-state index contributed by atoms with van der Waals surface area (Å²) in [5.74, 6) is 0.746. The van der Waals surface area contributed by atoms with Crippen LogP contribution in [0.25, 0.3) is 0 Å². The predicted octanol–water partition coefficient (Wildman–Crippen LogP) is 2.25. The molecule has 5 nitrogen and oxygen atoms in total. The maximum atomic E-state index is 10.3. The first-order chi connectivity index (χ1) is 7.13. The van der Waals surface area contributed by atoms with Crippen LogP contribution in [0.4, 0.5) is 5.69 Å². The van der Waals surface area contributed by atoms with Crippen LogP contribution >= 0.6 is 0 Å². The lowest BCUT2D eigenvalue weighted by atomic mass is 10.3. The first-order valence-electron chi connectivity index (χ1n) is 4.35. The van der Waals surface area contributed by atoms with E-state index < -0.39 is 4.92 Å². The Labute approximate surface area is 87.5 Å². The molecule has 0 amide bonds. The number of anilines is 1. The minimum atomic E-state index is -0.448. The van der Waals surface area contributed by atoms with Gasteiger partial charge in [0.15, 0.2) is 0 Å². The zero-order valence-corrected chi connectivity index (χ0v) is 8.56. The van der Waals surface area contributed by atoms with E-state index >= 15 is 0 Å². The molecule has 0 bridgehead atoms. The maximum absolute atomic E-state index is 10.3. The second-order valence-electron chi connectivity index (χ2n) is 2.92. The highest BCUT2D eigenvalue weighted by Gasteiger charge is 2.00. The summed E-state index contributed by atoms with van der Waals surface area (Å²) in [5, 5.41) is 13.1. The average Bonchev–Trinajstić information content (AvgIpc) is 2.26. The number of nitro groups is 1. The molecule has 0 aromatic heterocycles. The highest BCUT2D eigenvalue weighted by molar-refractivity contribution is 5.48. The van der Waals surface area contributed by atoms with Gasteiger partial charge in [-0.15, -0.1) is 0 Å². The highest BCUT2D eigenvalue weighted by Crippen LogP contribution is 2.15. The van der Waals surface area contributed by atoms with Gasteiger partial charge in [0.25, 0.3) is 5.70 Å². The molecule has 1 aromatic carbocycles. The van der Waals surface area contributed by atoms with Gasteiger partial charge in [-0.25, -0.2) is 0 Å². The summed E-state index contributed by atoms with van der Waals surface area (Å²) >= 11 is 0. The number of rotatable bonds is 4. The van der Waals surface area contributed by atoms with Crippen molar-refractivity contribution in [3.05, 3.63) is 46.3 Å². The molecule has 0 atom stereocenters. The van der Waals surface area contributed by atoms with Crippen LogP contribution in [-0.2, 0) is 0 Å². The van der Waals surface area contributed by atoms with E-state index in [0.717, 1.165) is 11.4 Å². The van der Waals surface area contributed by atoms with Gasteiger partial charge in [-0.2, -0.15) is 0 Å². The van der Waals surface area contributed by atoms with Crippen LogP contribution in [-0.4, -0.2) is 12.0 Å². The van der Waals surface area contributed by atoms with E-state index in [1.807, 2.05) is 0 Å². The molecule has 0 aliphatic carbocycles. The molecule has 0 saturated carbocycles. The zero-order valence-electron chi connectivity index (χ0n) is 8.56. The van der Waals surface area contributed by atoms with Crippen LogP contribution in [0.5, 0.6) is 5.75 Å². The third-order valence-corrected chi connectivity index (χ3v) is 1.83. The fourth-order valence-corrected chi connectivity index (χ4v) is 0.928. The van der Waals surface area contributed by atoms with Crippen LogP contribution in [0.1, 0.15) is 6.92 Å². The number of nitrogens with one attached hydrogen (secondary N) is 1. The Morgan fingerprint density at radius 1 is 1.47 bits per heavy atom. The summed E-state index contributed by atoms with van der Waals surface area (Å²) in [6, 6.07) is 7.11. The van der Waals surface area contributed by atoms with Crippen LogP contribution in [0.15, 0.2) is 36.2 Å². The lowest BCUT2D eigenvalue weighted by Gasteiger charge is -2.02. The minimum absolute atomic E-state index is 0.0609. The Hall–Kier alpha value is -2.04. The Bertz CT molecular complexity index is 371. The number of hydrogen-bond donors (Lipinski definition) is 1. The first-order valence-corrected chi connectivity index (χ1v) is 4.35. The lowest BCUT2D eigenvalue weighted by molar-refractivity contribution is -0.424. The summed E-state index contributed by atoms with van der Waals surface area (Å²) in [6.07, 6.45) is 1.35. The van der Waals surface area contributed by atoms with Crippen molar-refractivity contribution in [2.45, 2.75) is 6.92 Å². The second-order valence-corrected chi connectivity index (χ2v) is 2.92. The molecule has 1 rings (SSSR count). The minimum Gasteiger partial charge on any atom is -0.497 e. The van der Waals surface area contributed by atoms with Crippen molar-refractivity contribution < 1.29 is 9.66 Å². The van der Waals surface area contributed by atoms with Crippen molar-refractivity contribution in [2.24, 2.45) is 0 Å². The molecule has 0 saturated heterocycles. The predicted molar refractivity (Wildman–Crippen MR) is 57.4 cm³/mol. The molecule has 0 aliphatic rings. The molecule has 0 aliphatic heterocycles. The Kier molecular flexibility index (Phi) is 3.68. The Balaban J connectivity index is 2.66. The molecule has 0 heterocycles. The van der Waals surface area contributed by atoms with Gasteiger partial charge in [0.05, 0.1) is 18.2 Å². The smallest absolute Gasteiger partial charge is 0.258 e. The summed E-state index contributed by atoms with van der Waals surface area (Å²) in [6.45, 7) is 1.43. The average molecular weight is 208 g/mol. The van der Waals surface area contributed by atoms with Gasteiger partial charge >= 0.3 is 0 Å². The Morgan fingerprint density at radius 2 is 2.07 bits per heavy atom. The normalized spacial score (nSPS) is 10.9. The molecule has 15 heavy (non-hydrogen) atoms. The number of ether oxygens (including phenoxy) is 1. The van der Waals surface area contributed by atoms with Crippen molar-refractivity contribution in [3.63, 3.8) is 0 Å². The second kappa shape index (κ2) is 4.99. The SMILES string of the molecule is COc1ccc(N/C=C(/C)[N+](=O)[O-])cc1. The van der Waals surface area contributed by atoms with Crippen molar-refractivity contribution in [2.75, 3.05) is 12.4 Å². The highest BCUT2D eigenvalue weighted by atomic mass is 16.6. The number of nitrogens with zero attached hydrogens (tertiary/aromatic N) is 1. The third-order valence-electron chi connectivity index (χ3n) is 1.83. The monoisotopic (exact) mass is 208 g/mol. The molecule has 1 aromatic rings. The van der Waals surface area contributed by atoms with Crippen molar-refractivity contribution in [3.8, 4) is 5.75 Å². The van der Waals surface area contributed by atoms with Crippen molar-refractivity contribution in [1.29, 1.82) is 0 Å². The number of methoxy groups -OCH3 is 1. The molecule has 80 valence electrons. The number of benzene rings is 1. The topological polar surface area (TPSA) is 64.4 Å². The van der Waals surface area contributed by atoms with Crippen LogP contribution in [0.2, 0.25) is 0 Å². The zero-order chi connectivity index (χ0) is 11.3.